The van der Waals surface area contributed by atoms with Crippen LogP contribution in [0.25, 0.3) is 16.9 Å². The molecular weight excluding hydrogens is 686 g/mol. The van der Waals surface area contributed by atoms with Gasteiger partial charge in [0.05, 0.1) is 45.3 Å². The van der Waals surface area contributed by atoms with Crippen molar-refractivity contribution in [2.45, 2.75) is 40.5 Å². The highest BCUT2D eigenvalue weighted by Crippen LogP contribution is 2.26. The fourth-order valence-electron chi connectivity index (χ4n) is 5.81. The lowest BCUT2D eigenvalue weighted by atomic mass is 10.1. The first-order chi connectivity index (χ1) is 26.2. The quantitative estimate of drug-likeness (QED) is 0.101. The average molecular weight is 730 g/mol. The van der Waals surface area contributed by atoms with Gasteiger partial charge in [0, 0.05) is 35.8 Å². The van der Waals surface area contributed by atoms with Crippen LogP contribution in [0.15, 0.2) is 102 Å². The molecule has 6 rings (SSSR count). The van der Waals surface area contributed by atoms with E-state index in [0.717, 1.165) is 22.4 Å². The van der Waals surface area contributed by atoms with Crippen molar-refractivity contribution >= 4 is 22.5 Å². The average Bonchev–Trinajstić information content (AvgIpc) is 3.78. The summed E-state index contributed by atoms with van der Waals surface area (Å²) in [4.78, 5) is 28.2. The predicted octanol–water partition coefficient (Wildman–Crippen LogP) is 5.54. The topological polar surface area (TPSA) is 166 Å². The fraction of sp³-hybridized carbons (Fsp3) is 0.250. The molecule has 0 radical (unpaired) electrons. The molecule has 14 nitrogen and oxygen atoms in total. The standard InChI is InChI=1S/C40H43N9O5/c1-7-42-36(37(26(3)41)54-24-28-11-9-8-10-12-28)38-45-40(47-48(38)23-27-13-16-30(51-4)17-14-27)49-33-22-43-25(2)19-32(33)35(46-49)39(50)44-21-29-15-18-31(52-5)20-34(29)53-6/h8-20,22H,7,21,23-24,41H2,1-6H3,(H,44,50)/b37-26+,42-36?. The zero-order valence-electron chi connectivity index (χ0n) is 31.2. The third-order valence-corrected chi connectivity index (χ3v) is 8.52. The van der Waals surface area contributed by atoms with Crippen molar-refractivity contribution in [2.24, 2.45) is 10.7 Å². The minimum Gasteiger partial charge on any atom is -0.497 e. The van der Waals surface area contributed by atoms with Gasteiger partial charge in [0.2, 0.25) is 0 Å². The van der Waals surface area contributed by atoms with E-state index in [1.807, 2.05) is 86.6 Å². The summed E-state index contributed by atoms with van der Waals surface area (Å²) < 4.78 is 25.8. The third-order valence-electron chi connectivity index (χ3n) is 8.52. The second-order valence-electron chi connectivity index (χ2n) is 12.3. The van der Waals surface area contributed by atoms with Crippen molar-refractivity contribution in [3.8, 4) is 23.2 Å². The summed E-state index contributed by atoms with van der Waals surface area (Å²) in [7, 11) is 4.78. The van der Waals surface area contributed by atoms with E-state index in [9.17, 15) is 4.79 Å². The van der Waals surface area contributed by atoms with Gasteiger partial charge in [0.1, 0.15) is 29.6 Å². The van der Waals surface area contributed by atoms with E-state index in [4.69, 9.17) is 44.9 Å². The highest BCUT2D eigenvalue weighted by atomic mass is 16.5. The molecule has 0 atom stereocenters. The summed E-state index contributed by atoms with van der Waals surface area (Å²) in [6.45, 7) is 6.73. The van der Waals surface area contributed by atoms with Crippen molar-refractivity contribution in [2.75, 3.05) is 27.9 Å². The zero-order chi connectivity index (χ0) is 38.2. The number of allylic oxidation sites excluding steroid dienone is 2. The molecule has 3 heterocycles. The number of rotatable bonds is 15. The van der Waals surface area contributed by atoms with Gasteiger partial charge in [0.15, 0.2) is 17.3 Å². The van der Waals surface area contributed by atoms with E-state index in [2.05, 4.69) is 10.3 Å². The number of methoxy groups -OCH3 is 3. The Bertz CT molecular complexity index is 2310. The van der Waals surface area contributed by atoms with Crippen LogP contribution < -0.4 is 25.3 Å². The van der Waals surface area contributed by atoms with Gasteiger partial charge in [0.25, 0.3) is 11.9 Å². The van der Waals surface area contributed by atoms with Crippen molar-refractivity contribution in [1.82, 2.24) is 34.8 Å². The maximum atomic E-state index is 13.8. The molecule has 0 fully saturated rings. The minimum atomic E-state index is -0.397. The number of benzene rings is 3. The molecule has 3 aromatic carbocycles. The van der Waals surface area contributed by atoms with Crippen LogP contribution in [0.1, 0.15) is 52.5 Å². The molecule has 1 amide bonds. The van der Waals surface area contributed by atoms with Crippen LogP contribution in [-0.2, 0) is 24.4 Å². The van der Waals surface area contributed by atoms with Gasteiger partial charge in [-0.1, -0.05) is 42.5 Å². The van der Waals surface area contributed by atoms with E-state index in [-0.39, 0.29) is 24.8 Å². The lowest BCUT2D eigenvalue weighted by Gasteiger charge is -2.15. The molecule has 54 heavy (non-hydrogen) atoms. The second-order valence-corrected chi connectivity index (χ2v) is 12.3. The summed E-state index contributed by atoms with van der Waals surface area (Å²) in [5, 5.41) is 13.3. The number of ether oxygens (including phenoxy) is 4. The molecule has 278 valence electrons. The first kappa shape index (κ1) is 37.1. The number of nitrogens with zero attached hydrogens (tertiary/aromatic N) is 7. The number of aromatic nitrogens is 6. The number of hydrogen-bond acceptors (Lipinski definition) is 11. The number of fused-ring (bicyclic) bond motifs is 1. The second kappa shape index (κ2) is 16.8. The number of hydrogen-bond donors (Lipinski definition) is 2. The Morgan fingerprint density at radius 3 is 2.33 bits per heavy atom. The predicted molar refractivity (Wildman–Crippen MR) is 205 cm³/mol. The Hall–Kier alpha value is -6.70. The molecule has 0 bridgehead atoms. The normalized spacial score (nSPS) is 12.0. The van der Waals surface area contributed by atoms with E-state index in [0.29, 0.717) is 64.2 Å². The maximum absolute atomic E-state index is 13.8. The van der Waals surface area contributed by atoms with Gasteiger partial charge in [-0.25, -0.2) is 4.68 Å². The van der Waals surface area contributed by atoms with Gasteiger partial charge in [-0.05, 0) is 62.2 Å². The SMILES string of the molecule is CCN=C(/C(OCc1ccccc1)=C(/C)N)c1nc(-n2nc(C(=O)NCc3ccc(OC)cc3OC)c3cc(C)ncc32)nn1Cc1ccc(OC)cc1. The van der Waals surface area contributed by atoms with Crippen molar-refractivity contribution in [1.29, 1.82) is 0 Å². The molecule has 0 saturated heterocycles. The molecule has 3 N–H and O–H groups in total. The van der Waals surface area contributed by atoms with E-state index in [1.165, 1.54) is 4.68 Å². The smallest absolute Gasteiger partial charge is 0.272 e. The molecular formula is C40H43N9O5. The van der Waals surface area contributed by atoms with Crippen LogP contribution in [0.4, 0.5) is 0 Å². The Morgan fingerprint density at radius 2 is 1.65 bits per heavy atom. The first-order valence-electron chi connectivity index (χ1n) is 17.3. The Morgan fingerprint density at radius 1 is 0.907 bits per heavy atom. The number of amides is 1. The highest BCUT2D eigenvalue weighted by molar-refractivity contribution is 6.09. The molecule has 0 aliphatic rings. The van der Waals surface area contributed by atoms with E-state index >= 15 is 0 Å². The number of carbonyl (C=O) groups is 1. The summed E-state index contributed by atoms with van der Waals surface area (Å²) in [6.07, 6.45) is 1.66. The monoisotopic (exact) mass is 729 g/mol. The number of pyridine rings is 1. The highest BCUT2D eigenvalue weighted by Gasteiger charge is 2.26. The Balaban J connectivity index is 1.42. The Kier molecular flexibility index (Phi) is 11.5. The van der Waals surface area contributed by atoms with Crippen LogP contribution in [-0.4, -0.2) is 69.0 Å². The van der Waals surface area contributed by atoms with Gasteiger partial charge >= 0.3 is 0 Å². The van der Waals surface area contributed by atoms with Crippen LogP contribution in [0.5, 0.6) is 17.2 Å². The molecule has 0 unspecified atom stereocenters. The third kappa shape index (κ3) is 8.17. The number of nitrogens with one attached hydrogen (secondary N) is 1. The molecule has 0 aliphatic heterocycles. The number of carbonyl (C=O) groups excluding carboxylic acids is 1. The van der Waals surface area contributed by atoms with Crippen molar-refractivity contribution in [3.63, 3.8) is 0 Å². The molecule has 0 aliphatic carbocycles. The lowest BCUT2D eigenvalue weighted by Crippen LogP contribution is -2.24. The summed E-state index contributed by atoms with van der Waals surface area (Å²) >= 11 is 0. The number of aryl methyl sites for hydroxylation is 1. The van der Waals surface area contributed by atoms with Crippen molar-refractivity contribution < 1.29 is 23.7 Å². The van der Waals surface area contributed by atoms with Crippen LogP contribution >= 0.6 is 0 Å². The fourth-order valence-corrected chi connectivity index (χ4v) is 5.81. The largest absolute Gasteiger partial charge is 0.497 e. The molecule has 14 heteroatoms. The van der Waals surface area contributed by atoms with Gasteiger partial charge in [-0.15, -0.1) is 5.10 Å². The molecule has 6 aromatic rings. The van der Waals surface area contributed by atoms with Crippen LogP contribution in [0, 0.1) is 6.92 Å². The van der Waals surface area contributed by atoms with E-state index < -0.39 is 5.91 Å². The van der Waals surface area contributed by atoms with Gasteiger partial charge in [-0.3, -0.25) is 14.8 Å². The number of aliphatic imine (C=N–C) groups is 1. The molecule has 0 saturated carbocycles. The van der Waals surface area contributed by atoms with E-state index in [1.54, 1.807) is 45.2 Å². The molecule has 3 aromatic heterocycles. The van der Waals surface area contributed by atoms with Crippen molar-refractivity contribution in [3.05, 3.63) is 130 Å². The lowest BCUT2D eigenvalue weighted by molar-refractivity contribution is 0.0947. The minimum absolute atomic E-state index is 0.183. The first-order valence-corrected chi connectivity index (χ1v) is 17.3. The zero-order valence-corrected chi connectivity index (χ0v) is 31.2. The van der Waals surface area contributed by atoms with Gasteiger partial charge < -0.3 is 30.0 Å². The van der Waals surface area contributed by atoms with Gasteiger partial charge in [-0.2, -0.15) is 14.8 Å². The van der Waals surface area contributed by atoms with Crippen LogP contribution in [0.3, 0.4) is 0 Å². The summed E-state index contributed by atoms with van der Waals surface area (Å²) in [5.74, 6) is 2.54. The summed E-state index contributed by atoms with van der Waals surface area (Å²) in [6, 6.07) is 24.7. The summed E-state index contributed by atoms with van der Waals surface area (Å²) in [5.41, 5.74) is 11.4. The van der Waals surface area contributed by atoms with Crippen LogP contribution in [0.2, 0.25) is 0 Å². The Labute approximate surface area is 313 Å². The number of nitrogens with two attached hydrogens (primary N) is 1. The molecule has 0 spiro atoms. The maximum Gasteiger partial charge on any atom is 0.272 e.